The van der Waals surface area contributed by atoms with Crippen molar-refractivity contribution >= 4 is 17.4 Å². The van der Waals surface area contributed by atoms with Crippen molar-refractivity contribution in [1.82, 2.24) is 0 Å². The van der Waals surface area contributed by atoms with Crippen molar-refractivity contribution in [2.75, 3.05) is 5.32 Å². The molecule has 1 amide bonds. The Morgan fingerprint density at radius 1 is 1.38 bits per heavy atom. The van der Waals surface area contributed by atoms with E-state index < -0.39 is 11.7 Å². The molecular formula is C9H6NO2Y-. The number of ketones is 1. The van der Waals surface area contributed by atoms with E-state index >= 15 is 0 Å². The number of carbonyl (C=O) groups excluding carboxylic acids is 2. The van der Waals surface area contributed by atoms with Crippen LogP contribution in [-0.2, 0) is 37.5 Å². The number of Topliss-reactive ketones (excluding diaryl/α,β-unsaturated/α-hetero) is 1. The first-order valence-electron chi connectivity index (χ1n) is 3.56. The summed E-state index contributed by atoms with van der Waals surface area (Å²) >= 11 is 0. The summed E-state index contributed by atoms with van der Waals surface area (Å²) in [6.45, 7) is 1.86. The maximum Gasteiger partial charge on any atom is 0.282 e. The number of hydrogen-bond acceptors (Lipinski definition) is 2. The second kappa shape index (κ2) is 3.68. The molecule has 1 aromatic carbocycles. The van der Waals surface area contributed by atoms with Crippen LogP contribution in [0.5, 0.6) is 0 Å². The minimum absolute atomic E-state index is 0. The molecule has 0 saturated heterocycles. The van der Waals surface area contributed by atoms with Crippen LogP contribution in [0.25, 0.3) is 0 Å². The van der Waals surface area contributed by atoms with Gasteiger partial charge in [0.05, 0.1) is 0 Å². The summed E-state index contributed by atoms with van der Waals surface area (Å²) in [5, 5.41) is 2.48. The third-order valence-electron chi connectivity index (χ3n) is 1.79. The van der Waals surface area contributed by atoms with Gasteiger partial charge >= 0.3 is 0 Å². The molecule has 1 aliphatic heterocycles. The molecule has 1 N–H and O–H groups in total. The Labute approximate surface area is 101 Å². The number of carbonyl (C=O) groups is 2. The molecule has 63 valence electrons. The first-order valence-corrected chi connectivity index (χ1v) is 3.56. The Balaban J connectivity index is 0.000000845. The fourth-order valence-electron chi connectivity index (χ4n) is 1.19. The van der Waals surface area contributed by atoms with Crippen molar-refractivity contribution in [3.8, 4) is 0 Å². The summed E-state index contributed by atoms with van der Waals surface area (Å²) in [6.07, 6.45) is 0. The van der Waals surface area contributed by atoms with Crippen LogP contribution in [0, 0.1) is 13.0 Å². The molecule has 1 radical (unpaired) electrons. The van der Waals surface area contributed by atoms with E-state index in [-0.39, 0.29) is 32.7 Å². The zero-order chi connectivity index (χ0) is 8.72. The average molecular weight is 249 g/mol. The SMILES string of the molecule is Cc1[c-]cc2c(c1)NC(=O)C2=O.[Y]. The summed E-state index contributed by atoms with van der Waals surface area (Å²) in [6, 6.07) is 6.15. The van der Waals surface area contributed by atoms with Crippen molar-refractivity contribution in [3.63, 3.8) is 0 Å². The van der Waals surface area contributed by atoms with Crippen molar-refractivity contribution in [3.05, 3.63) is 29.3 Å². The number of aryl methyl sites for hydroxylation is 1. The van der Waals surface area contributed by atoms with Gasteiger partial charge in [0.25, 0.3) is 5.91 Å². The van der Waals surface area contributed by atoms with Gasteiger partial charge in [0.15, 0.2) is 5.78 Å². The van der Waals surface area contributed by atoms with Crippen molar-refractivity contribution in [1.29, 1.82) is 0 Å². The number of rotatable bonds is 0. The standard InChI is InChI=1S/C9H6NO2.Y/c1-5-2-3-6-7(4-5)10-9(12)8(6)11;/h3-4H,1H3,(H,10,11,12);/q-1;. The molecule has 0 bridgehead atoms. The van der Waals surface area contributed by atoms with Gasteiger partial charge in [-0.2, -0.15) is 17.7 Å². The average Bonchev–Trinajstić information content (AvgIpc) is 2.28. The minimum atomic E-state index is -0.552. The molecule has 0 saturated carbocycles. The fourth-order valence-corrected chi connectivity index (χ4v) is 1.19. The Morgan fingerprint density at radius 2 is 2.08 bits per heavy atom. The quantitative estimate of drug-likeness (QED) is 0.549. The summed E-state index contributed by atoms with van der Waals surface area (Å²) in [4.78, 5) is 21.9. The first kappa shape index (κ1) is 10.5. The summed E-state index contributed by atoms with van der Waals surface area (Å²) in [7, 11) is 0. The molecule has 4 heteroatoms. The smallest absolute Gasteiger partial charge is 0.282 e. The second-order valence-electron chi connectivity index (χ2n) is 2.73. The molecule has 1 heterocycles. The molecule has 3 nitrogen and oxygen atoms in total. The molecule has 0 spiro atoms. The van der Waals surface area contributed by atoms with E-state index in [2.05, 4.69) is 11.4 Å². The summed E-state index contributed by atoms with van der Waals surface area (Å²) in [5.74, 6) is -1.02. The van der Waals surface area contributed by atoms with E-state index in [0.29, 0.717) is 11.3 Å². The minimum Gasteiger partial charge on any atom is -0.343 e. The number of fused-ring (bicyclic) bond motifs is 1. The predicted octanol–water partition coefficient (Wildman–Crippen LogP) is 0.928. The molecule has 0 fully saturated rings. The Hall–Kier alpha value is -0.536. The van der Waals surface area contributed by atoms with Crippen LogP contribution < -0.4 is 5.32 Å². The molecule has 0 aromatic heterocycles. The van der Waals surface area contributed by atoms with Crippen molar-refractivity contribution in [2.24, 2.45) is 0 Å². The van der Waals surface area contributed by atoms with E-state index in [0.717, 1.165) is 5.56 Å². The third-order valence-corrected chi connectivity index (χ3v) is 1.79. The van der Waals surface area contributed by atoms with Crippen LogP contribution in [0.2, 0.25) is 0 Å². The largest absolute Gasteiger partial charge is 0.343 e. The number of hydrogen-bond donors (Lipinski definition) is 1. The van der Waals surface area contributed by atoms with E-state index in [1.807, 2.05) is 6.92 Å². The zero-order valence-corrected chi connectivity index (χ0v) is 9.89. The molecule has 13 heavy (non-hydrogen) atoms. The molecule has 0 aliphatic carbocycles. The fraction of sp³-hybridized carbons (Fsp3) is 0.111. The van der Waals surface area contributed by atoms with Gasteiger partial charge in [-0.15, -0.1) is 6.07 Å². The van der Waals surface area contributed by atoms with Crippen LogP contribution in [-0.4, -0.2) is 11.7 Å². The normalized spacial score (nSPS) is 13.3. The molecule has 1 aliphatic rings. The Kier molecular flexibility index (Phi) is 2.99. The Bertz CT molecular complexity index is 387. The van der Waals surface area contributed by atoms with E-state index in [9.17, 15) is 9.59 Å². The van der Waals surface area contributed by atoms with E-state index in [1.165, 1.54) is 0 Å². The van der Waals surface area contributed by atoms with Crippen LogP contribution in [0.3, 0.4) is 0 Å². The van der Waals surface area contributed by atoms with Crippen LogP contribution in [0.1, 0.15) is 15.9 Å². The number of amides is 1. The van der Waals surface area contributed by atoms with Gasteiger partial charge in [0, 0.05) is 32.7 Å². The van der Waals surface area contributed by atoms with Crippen LogP contribution >= 0.6 is 0 Å². The van der Waals surface area contributed by atoms with Gasteiger partial charge in [0.1, 0.15) is 0 Å². The van der Waals surface area contributed by atoms with Gasteiger partial charge in [-0.1, -0.05) is 18.2 Å². The maximum atomic E-state index is 11.1. The van der Waals surface area contributed by atoms with Gasteiger partial charge in [-0.3, -0.25) is 9.59 Å². The molecule has 2 rings (SSSR count). The van der Waals surface area contributed by atoms with E-state index in [1.54, 1.807) is 12.1 Å². The number of benzene rings is 1. The van der Waals surface area contributed by atoms with Crippen LogP contribution in [0.4, 0.5) is 5.69 Å². The van der Waals surface area contributed by atoms with Gasteiger partial charge in [-0.25, -0.2) is 0 Å². The zero-order valence-electron chi connectivity index (χ0n) is 7.05. The molecular weight excluding hydrogens is 243 g/mol. The second-order valence-corrected chi connectivity index (χ2v) is 2.73. The molecule has 0 unspecified atom stereocenters. The molecule has 1 aromatic rings. The topological polar surface area (TPSA) is 46.2 Å². The van der Waals surface area contributed by atoms with Gasteiger partial charge < -0.3 is 5.32 Å². The predicted molar refractivity (Wildman–Crippen MR) is 43.0 cm³/mol. The van der Waals surface area contributed by atoms with E-state index in [4.69, 9.17) is 0 Å². The van der Waals surface area contributed by atoms with Gasteiger partial charge in [-0.05, 0) is 0 Å². The Morgan fingerprint density at radius 3 is 2.77 bits per heavy atom. The third kappa shape index (κ3) is 1.72. The van der Waals surface area contributed by atoms with Crippen molar-refractivity contribution in [2.45, 2.75) is 6.92 Å². The number of nitrogens with one attached hydrogen (secondary N) is 1. The summed E-state index contributed by atoms with van der Waals surface area (Å²) < 4.78 is 0. The van der Waals surface area contributed by atoms with Crippen LogP contribution in [0.15, 0.2) is 12.1 Å². The maximum absolute atomic E-state index is 11.1. The first-order chi connectivity index (χ1) is 5.68. The van der Waals surface area contributed by atoms with Gasteiger partial charge in [0.2, 0.25) is 0 Å². The van der Waals surface area contributed by atoms with Crippen molar-refractivity contribution < 1.29 is 42.3 Å². The monoisotopic (exact) mass is 249 g/mol. The number of anilines is 1. The summed E-state index contributed by atoms with van der Waals surface area (Å²) in [5.41, 5.74) is 1.93. The molecule has 0 atom stereocenters.